The SMILES string of the molecule is CC(=O)Nc1cc(NS(=O)(=O)c2ccc(C)c(C)c2)ccc1F. The lowest BCUT2D eigenvalue weighted by molar-refractivity contribution is -0.114. The van der Waals surface area contributed by atoms with Gasteiger partial charge in [0.25, 0.3) is 10.0 Å². The summed E-state index contributed by atoms with van der Waals surface area (Å²) in [5.74, 6) is -1.09. The average Bonchev–Trinajstić information content (AvgIpc) is 2.44. The van der Waals surface area contributed by atoms with Gasteiger partial charge in [0.15, 0.2) is 0 Å². The van der Waals surface area contributed by atoms with E-state index >= 15 is 0 Å². The number of amides is 1. The first-order chi connectivity index (χ1) is 10.7. The monoisotopic (exact) mass is 336 g/mol. The summed E-state index contributed by atoms with van der Waals surface area (Å²) in [6, 6.07) is 8.40. The topological polar surface area (TPSA) is 75.3 Å². The number of carbonyl (C=O) groups is 1. The smallest absolute Gasteiger partial charge is 0.261 e. The van der Waals surface area contributed by atoms with E-state index < -0.39 is 21.7 Å². The molecule has 2 N–H and O–H groups in total. The zero-order chi connectivity index (χ0) is 17.2. The first-order valence-electron chi connectivity index (χ1n) is 6.86. The van der Waals surface area contributed by atoms with Gasteiger partial charge in [-0.3, -0.25) is 9.52 Å². The van der Waals surface area contributed by atoms with Crippen LogP contribution in [0.1, 0.15) is 18.1 Å². The Bertz CT molecular complexity index is 864. The summed E-state index contributed by atoms with van der Waals surface area (Å²) in [6.07, 6.45) is 0. The number of halogens is 1. The fourth-order valence-electron chi connectivity index (χ4n) is 1.97. The molecule has 0 aliphatic carbocycles. The fraction of sp³-hybridized carbons (Fsp3) is 0.188. The number of aryl methyl sites for hydroxylation is 2. The number of hydrogen-bond acceptors (Lipinski definition) is 3. The number of hydrogen-bond donors (Lipinski definition) is 2. The van der Waals surface area contributed by atoms with Gasteiger partial charge in [0.2, 0.25) is 5.91 Å². The highest BCUT2D eigenvalue weighted by molar-refractivity contribution is 7.92. The second-order valence-corrected chi connectivity index (χ2v) is 6.91. The molecule has 0 bridgehead atoms. The Balaban J connectivity index is 2.33. The highest BCUT2D eigenvalue weighted by atomic mass is 32.2. The van der Waals surface area contributed by atoms with Gasteiger partial charge in [0.05, 0.1) is 16.3 Å². The minimum atomic E-state index is -3.80. The van der Waals surface area contributed by atoms with Crippen LogP contribution in [0.15, 0.2) is 41.3 Å². The molecule has 0 spiro atoms. The van der Waals surface area contributed by atoms with E-state index in [9.17, 15) is 17.6 Å². The summed E-state index contributed by atoms with van der Waals surface area (Å²) < 4.78 is 40.8. The van der Waals surface area contributed by atoms with Crippen LogP contribution in [0.25, 0.3) is 0 Å². The van der Waals surface area contributed by atoms with E-state index in [0.29, 0.717) is 0 Å². The first kappa shape index (κ1) is 17.0. The molecule has 0 aliphatic heterocycles. The molecule has 1 amide bonds. The molecule has 0 saturated heterocycles. The molecular formula is C16H17FN2O3S. The zero-order valence-corrected chi connectivity index (χ0v) is 13.8. The molecule has 0 aromatic heterocycles. The van der Waals surface area contributed by atoms with Crippen LogP contribution in [0.2, 0.25) is 0 Å². The summed E-state index contributed by atoms with van der Waals surface area (Å²) in [5, 5.41) is 2.31. The summed E-state index contributed by atoms with van der Waals surface area (Å²) in [7, 11) is -3.80. The predicted octanol–water partition coefficient (Wildman–Crippen LogP) is 3.20. The molecule has 0 atom stereocenters. The zero-order valence-electron chi connectivity index (χ0n) is 13.0. The van der Waals surface area contributed by atoms with Gasteiger partial charge in [-0.05, 0) is 55.3 Å². The lowest BCUT2D eigenvalue weighted by Crippen LogP contribution is -2.14. The van der Waals surface area contributed by atoms with Crippen molar-refractivity contribution in [3.05, 3.63) is 53.3 Å². The molecule has 0 fully saturated rings. The predicted molar refractivity (Wildman–Crippen MR) is 87.4 cm³/mol. The third-order valence-electron chi connectivity index (χ3n) is 3.32. The van der Waals surface area contributed by atoms with Crippen molar-refractivity contribution in [2.75, 3.05) is 10.0 Å². The number of anilines is 2. The van der Waals surface area contributed by atoms with E-state index in [-0.39, 0.29) is 16.3 Å². The molecule has 0 aliphatic rings. The van der Waals surface area contributed by atoms with Crippen molar-refractivity contribution in [3.63, 3.8) is 0 Å². The molecule has 0 radical (unpaired) electrons. The van der Waals surface area contributed by atoms with Crippen LogP contribution in [0.4, 0.5) is 15.8 Å². The van der Waals surface area contributed by atoms with Crippen molar-refractivity contribution in [2.24, 2.45) is 0 Å². The van der Waals surface area contributed by atoms with Crippen molar-refractivity contribution in [1.82, 2.24) is 0 Å². The number of benzene rings is 2. The molecule has 7 heteroatoms. The van der Waals surface area contributed by atoms with Gasteiger partial charge in [-0.25, -0.2) is 12.8 Å². The summed E-state index contributed by atoms with van der Waals surface area (Å²) in [4.78, 5) is 11.2. The molecule has 0 unspecified atom stereocenters. The quantitative estimate of drug-likeness (QED) is 0.900. The molecule has 122 valence electrons. The maximum absolute atomic E-state index is 13.6. The number of sulfonamides is 1. The number of carbonyl (C=O) groups excluding carboxylic acids is 1. The summed E-state index contributed by atoms with van der Waals surface area (Å²) in [5.41, 5.74) is 1.91. The van der Waals surface area contributed by atoms with Crippen LogP contribution in [-0.4, -0.2) is 14.3 Å². The van der Waals surface area contributed by atoms with Crippen molar-refractivity contribution in [1.29, 1.82) is 0 Å². The van der Waals surface area contributed by atoms with Gasteiger partial charge < -0.3 is 5.32 Å². The van der Waals surface area contributed by atoms with Crippen LogP contribution in [0.3, 0.4) is 0 Å². The highest BCUT2D eigenvalue weighted by Gasteiger charge is 2.16. The normalized spacial score (nSPS) is 11.1. The Morgan fingerprint density at radius 1 is 1.04 bits per heavy atom. The molecule has 23 heavy (non-hydrogen) atoms. The molecule has 2 aromatic rings. The van der Waals surface area contributed by atoms with Gasteiger partial charge in [-0.1, -0.05) is 6.07 Å². The fourth-order valence-corrected chi connectivity index (χ4v) is 3.10. The van der Waals surface area contributed by atoms with Crippen molar-refractivity contribution in [2.45, 2.75) is 25.7 Å². The third-order valence-corrected chi connectivity index (χ3v) is 4.70. The van der Waals surface area contributed by atoms with Gasteiger partial charge in [0, 0.05) is 6.92 Å². The van der Waals surface area contributed by atoms with E-state index in [1.54, 1.807) is 12.1 Å². The first-order valence-corrected chi connectivity index (χ1v) is 8.34. The van der Waals surface area contributed by atoms with Crippen LogP contribution >= 0.6 is 0 Å². The van der Waals surface area contributed by atoms with Crippen LogP contribution in [-0.2, 0) is 14.8 Å². The molecule has 0 saturated carbocycles. The average molecular weight is 336 g/mol. The van der Waals surface area contributed by atoms with E-state index in [0.717, 1.165) is 17.2 Å². The maximum atomic E-state index is 13.6. The molecule has 5 nitrogen and oxygen atoms in total. The summed E-state index contributed by atoms with van der Waals surface area (Å²) >= 11 is 0. The van der Waals surface area contributed by atoms with E-state index in [2.05, 4.69) is 10.0 Å². The standard InChI is InChI=1S/C16H17FN2O3S/c1-10-4-6-14(8-11(10)2)23(21,22)19-13-5-7-15(17)16(9-13)18-12(3)20/h4-9,19H,1-3H3,(H,18,20). The van der Waals surface area contributed by atoms with E-state index in [4.69, 9.17) is 0 Å². The largest absolute Gasteiger partial charge is 0.324 e. The Morgan fingerprint density at radius 2 is 1.74 bits per heavy atom. The van der Waals surface area contributed by atoms with E-state index in [1.807, 2.05) is 13.8 Å². The number of rotatable bonds is 4. The van der Waals surface area contributed by atoms with Gasteiger partial charge >= 0.3 is 0 Å². The minimum absolute atomic E-state index is 0.0854. The number of nitrogens with one attached hydrogen (secondary N) is 2. The minimum Gasteiger partial charge on any atom is -0.324 e. The highest BCUT2D eigenvalue weighted by Crippen LogP contribution is 2.23. The lowest BCUT2D eigenvalue weighted by atomic mass is 10.1. The van der Waals surface area contributed by atoms with Gasteiger partial charge in [-0.2, -0.15) is 0 Å². The summed E-state index contributed by atoms with van der Waals surface area (Å²) in [6.45, 7) is 4.95. The molecular weight excluding hydrogens is 319 g/mol. The van der Waals surface area contributed by atoms with Crippen molar-refractivity contribution in [3.8, 4) is 0 Å². The van der Waals surface area contributed by atoms with Crippen LogP contribution in [0, 0.1) is 19.7 Å². The van der Waals surface area contributed by atoms with Crippen LogP contribution < -0.4 is 10.0 Å². The lowest BCUT2D eigenvalue weighted by Gasteiger charge is -2.11. The Morgan fingerprint density at radius 3 is 2.35 bits per heavy atom. The maximum Gasteiger partial charge on any atom is 0.261 e. The van der Waals surface area contributed by atoms with Gasteiger partial charge in [0.1, 0.15) is 5.82 Å². The Kier molecular flexibility index (Phi) is 4.70. The molecule has 2 rings (SSSR count). The van der Waals surface area contributed by atoms with Crippen LogP contribution in [0.5, 0.6) is 0 Å². The van der Waals surface area contributed by atoms with E-state index in [1.165, 1.54) is 25.1 Å². The van der Waals surface area contributed by atoms with Crippen molar-refractivity contribution >= 4 is 27.3 Å². The Labute approximate surface area is 134 Å². The molecule has 0 heterocycles. The second kappa shape index (κ2) is 6.37. The van der Waals surface area contributed by atoms with Crippen molar-refractivity contribution < 1.29 is 17.6 Å². The third kappa shape index (κ3) is 4.07. The van der Waals surface area contributed by atoms with Gasteiger partial charge in [-0.15, -0.1) is 0 Å². The molecule has 2 aromatic carbocycles. The second-order valence-electron chi connectivity index (χ2n) is 5.23. The Hall–Kier alpha value is -2.41.